The van der Waals surface area contributed by atoms with Crippen molar-refractivity contribution in [3.63, 3.8) is 0 Å². The van der Waals surface area contributed by atoms with Gasteiger partial charge in [-0.1, -0.05) is 29.4 Å². The number of carbonyl (C=O) groups is 1. The lowest BCUT2D eigenvalue weighted by Gasteiger charge is -2.27. The van der Waals surface area contributed by atoms with Gasteiger partial charge >= 0.3 is 0 Å². The summed E-state index contributed by atoms with van der Waals surface area (Å²) >= 11 is 0. The first-order valence-corrected chi connectivity index (χ1v) is 12.0. The molecule has 0 bridgehead atoms. The highest BCUT2D eigenvalue weighted by atomic mass is 19.1. The second kappa shape index (κ2) is 13.7. The lowest BCUT2D eigenvalue weighted by Crippen LogP contribution is -2.34. The van der Waals surface area contributed by atoms with Crippen molar-refractivity contribution in [1.29, 1.82) is 0 Å². The van der Waals surface area contributed by atoms with E-state index in [1.165, 1.54) is 0 Å². The van der Waals surface area contributed by atoms with Crippen molar-refractivity contribution in [1.82, 2.24) is 10.2 Å². The van der Waals surface area contributed by atoms with Gasteiger partial charge in [0.05, 0.1) is 13.3 Å². The Bertz CT molecular complexity index is 927. The van der Waals surface area contributed by atoms with Crippen LogP contribution in [0.2, 0.25) is 0 Å². The van der Waals surface area contributed by atoms with E-state index in [4.69, 9.17) is 4.74 Å². The van der Waals surface area contributed by atoms with E-state index in [0.29, 0.717) is 50.3 Å². The average Bonchev–Trinajstić information content (AvgIpc) is 3.27. The van der Waals surface area contributed by atoms with Crippen LogP contribution in [-0.4, -0.2) is 55.0 Å². The quantitative estimate of drug-likeness (QED) is 0.297. The maximum atomic E-state index is 13.8. The van der Waals surface area contributed by atoms with Gasteiger partial charge in [-0.05, 0) is 54.7 Å². The third-order valence-electron chi connectivity index (χ3n) is 6.16. The lowest BCUT2D eigenvalue weighted by atomic mass is 9.90. The molecule has 0 unspecified atom stereocenters. The fourth-order valence-corrected chi connectivity index (χ4v) is 4.25. The maximum absolute atomic E-state index is 13.8. The van der Waals surface area contributed by atoms with Gasteiger partial charge < -0.3 is 15.2 Å². The zero-order valence-corrected chi connectivity index (χ0v) is 19.7. The highest BCUT2D eigenvalue weighted by molar-refractivity contribution is 5.76. The third-order valence-corrected chi connectivity index (χ3v) is 6.16. The number of amides is 1. The number of halogens is 2. The molecule has 2 aromatic carbocycles. The zero-order chi connectivity index (χ0) is 25.0. The van der Waals surface area contributed by atoms with Crippen LogP contribution in [0.1, 0.15) is 42.9 Å². The van der Waals surface area contributed by atoms with E-state index < -0.39 is 18.1 Å². The van der Waals surface area contributed by atoms with Crippen molar-refractivity contribution >= 4 is 5.91 Å². The number of unbranched alkanes of at least 4 members (excludes halogenated alkanes) is 1. The van der Waals surface area contributed by atoms with Crippen LogP contribution < -0.4 is 10.1 Å². The SMILES string of the molecule is O=N[C@H](c1ccc(OCCCCF)cc1)[C@H](CC(=O)NCc1ccc(O)cc1)CN1CC[C@@H](F)C1. The first-order valence-electron chi connectivity index (χ1n) is 12.0. The molecule has 190 valence electrons. The number of phenols is 1. The molecule has 7 nitrogen and oxygen atoms in total. The predicted octanol–water partition coefficient (Wildman–Crippen LogP) is 4.69. The number of nitrogens with one attached hydrogen (secondary N) is 1. The molecule has 35 heavy (non-hydrogen) atoms. The molecule has 0 aromatic heterocycles. The number of ether oxygens (including phenoxy) is 1. The molecule has 1 saturated heterocycles. The predicted molar refractivity (Wildman–Crippen MR) is 130 cm³/mol. The van der Waals surface area contributed by atoms with Crippen molar-refractivity contribution in [3.05, 3.63) is 64.6 Å². The molecule has 3 rings (SSSR count). The molecule has 3 atom stereocenters. The summed E-state index contributed by atoms with van der Waals surface area (Å²) in [5, 5.41) is 15.6. The molecule has 2 N–H and O–H groups in total. The summed E-state index contributed by atoms with van der Waals surface area (Å²) in [4.78, 5) is 26.6. The highest BCUT2D eigenvalue weighted by Crippen LogP contribution is 2.32. The Kier molecular flexibility index (Phi) is 10.4. The molecule has 1 aliphatic rings. The highest BCUT2D eigenvalue weighted by Gasteiger charge is 2.31. The second-order valence-corrected chi connectivity index (χ2v) is 8.92. The number of alkyl halides is 2. The number of carbonyl (C=O) groups excluding carboxylic acids is 1. The number of nitroso groups, excluding NO2 is 1. The number of hydrogen-bond acceptors (Lipinski definition) is 6. The van der Waals surface area contributed by atoms with Crippen LogP contribution in [0, 0.1) is 10.8 Å². The minimum absolute atomic E-state index is 0.0590. The minimum atomic E-state index is -0.907. The molecule has 0 radical (unpaired) electrons. The maximum Gasteiger partial charge on any atom is 0.220 e. The second-order valence-electron chi connectivity index (χ2n) is 8.92. The largest absolute Gasteiger partial charge is 0.508 e. The van der Waals surface area contributed by atoms with Gasteiger partial charge in [-0.15, -0.1) is 0 Å². The van der Waals surface area contributed by atoms with Crippen LogP contribution >= 0.6 is 0 Å². The van der Waals surface area contributed by atoms with E-state index in [9.17, 15) is 23.6 Å². The molecule has 1 heterocycles. The van der Waals surface area contributed by atoms with Crippen molar-refractivity contribution in [2.45, 2.75) is 44.4 Å². The molecule has 1 amide bonds. The summed E-state index contributed by atoms with van der Waals surface area (Å²) in [5.74, 6) is 0.0859. The molecular weight excluding hydrogens is 456 g/mol. The first-order chi connectivity index (χ1) is 17.0. The van der Waals surface area contributed by atoms with Crippen molar-refractivity contribution < 1.29 is 23.4 Å². The first kappa shape index (κ1) is 26.5. The standard InChI is InChI=1S/C26H33F2N3O4/c27-12-1-2-14-35-24-9-5-20(6-10-24)26(30-34)21(17-31-13-11-22(28)18-31)15-25(33)29-16-19-3-7-23(32)8-4-19/h3-10,21-22,26,32H,1-2,11-18H2,(H,29,33)/t21-,22-,26-/m1/s1. The molecular formula is C26H33F2N3O4. The zero-order valence-electron chi connectivity index (χ0n) is 19.7. The molecule has 1 aliphatic heterocycles. The van der Waals surface area contributed by atoms with Gasteiger partial charge in [0.1, 0.15) is 23.7 Å². The van der Waals surface area contributed by atoms with Crippen LogP contribution in [0.15, 0.2) is 53.7 Å². The minimum Gasteiger partial charge on any atom is -0.508 e. The summed E-state index contributed by atoms with van der Waals surface area (Å²) < 4.78 is 31.6. The Morgan fingerprint density at radius 3 is 2.54 bits per heavy atom. The Morgan fingerprint density at radius 2 is 1.91 bits per heavy atom. The molecule has 0 aliphatic carbocycles. The number of hydrogen-bond donors (Lipinski definition) is 2. The number of benzene rings is 2. The van der Waals surface area contributed by atoms with E-state index in [0.717, 1.165) is 5.56 Å². The fraction of sp³-hybridized carbons (Fsp3) is 0.500. The fourth-order valence-electron chi connectivity index (χ4n) is 4.25. The van der Waals surface area contributed by atoms with Gasteiger partial charge in [-0.25, -0.2) is 4.39 Å². The Hall–Kier alpha value is -3.07. The van der Waals surface area contributed by atoms with E-state index >= 15 is 0 Å². The summed E-state index contributed by atoms with van der Waals surface area (Å²) in [5.41, 5.74) is 1.49. The van der Waals surface area contributed by atoms with Crippen LogP contribution in [0.25, 0.3) is 0 Å². The Labute approximate surface area is 204 Å². The van der Waals surface area contributed by atoms with Gasteiger partial charge in [-0.2, -0.15) is 4.91 Å². The summed E-state index contributed by atoms with van der Waals surface area (Å²) in [7, 11) is 0. The van der Waals surface area contributed by atoms with E-state index in [-0.39, 0.29) is 37.8 Å². The monoisotopic (exact) mass is 489 g/mol. The summed E-state index contributed by atoms with van der Waals surface area (Å²) in [6.45, 7) is 1.55. The normalized spacial score (nSPS) is 17.6. The lowest BCUT2D eigenvalue weighted by molar-refractivity contribution is -0.122. The van der Waals surface area contributed by atoms with Crippen LogP contribution in [0.3, 0.4) is 0 Å². The third kappa shape index (κ3) is 8.58. The number of aromatic hydroxyl groups is 1. The van der Waals surface area contributed by atoms with Crippen LogP contribution in [0.5, 0.6) is 11.5 Å². The topological polar surface area (TPSA) is 91.2 Å². The van der Waals surface area contributed by atoms with E-state index in [2.05, 4.69) is 10.5 Å². The number of nitrogens with zero attached hydrogens (tertiary/aromatic N) is 2. The summed E-state index contributed by atoms with van der Waals surface area (Å²) in [6, 6.07) is 12.7. The van der Waals surface area contributed by atoms with Gasteiger partial charge in [0.25, 0.3) is 0 Å². The smallest absolute Gasteiger partial charge is 0.220 e. The van der Waals surface area contributed by atoms with Gasteiger partial charge in [0, 0.05) is 38.5 Å². The van der Waals surface area contributed by atoms with Crippen LogP contribution in [-0.2, 0) is 11.3 Å². The molecule has 2 aromatic rings. The molecule has 9 heteroatoms. The van der Waals surface area contributed by atoms with Gasteiger partial charge in [-0.3, -0.25) is 14.1 Å². The molecule has 0 spiro atoms. The number of rotatable bonds is 14. The summed E-state index contributed by atoms with van der Waals surface area (Å²) in [6.07, 6.45) is 0.651. The number of phenolic OH excluding ortho intramolecular Hbond substituents is 1. The van der Waals surface area contributed by atoms with Gasteiger partial charge in [0.15, 0.2) is 0 Å². The van der Waals surface area contributed by atoms with Crippen LogP contribution in [0.4, 0.5) is 8.78 Å². The Balaban J connectivity index is 1.65. The van der Waals surface area contributed by atoms with E-state index in [1.54, 1.807) is 48.5 Å². The number of likely N-dealkylation sites (tertiary alicyclic amines) is 1. The van der Waals surface area contributed by atoms with Gasteiger partial charge in [0.2, 0.25) is 5.91 Å². The molecule has 0 saturated carbocycles. The average molecular weight is 490 g/mol. The van der Waals surface area contributed by atoms with Crippen molar-refractivity contribution in [2.75, 3.05) is 32.9 Å². The van der Waals surface area contributed by atoms with Crippen molar-refractivity contribution in [3.8, 4) is 11.5 Å². The Morgan fingerprint density at radius 1 is 1.17 bits per heavy atom. The van der Waals surface area contributed by atoms with E-state index in [1.807, 2.05) is 4.90 Å². The van der Waals surface area contributed by atoms with Crippen molar-refractivity contribution in [2.24, 2.45) is 11.1 Å². The molecule has 1 fully saturated rings.